The van der Waals surface area contributed by atoms with Crippen LogP contribution < -0.4 is 0 Å². The Morgan fingerprint density at radius 2 is 2.12 bits per heavy atom. The van der Waals surface area contributed by atoms with Crippen LogP contribution in [0.2, 0.25) is 0 Å². The van der Waals surface area contributed by atoms with E-state index in [-0.39, 0.29) is 17.9 Å². The van der Waals surface area contributed by atoms with Gasteiger partial charge in [-0.2, -0.15) is 11.3 Å². The first-order valence-electron chi connectivity index (χ1n) is 8.66. The van der Waals surface area contributed by atoms with Gasteiger partial charge in [-0.15, -0.1) is 0 Å². The van der Waals surface area contributed by atoms with Crippen LogP contribution in [-0.2, 0) is 20.8 Å². The molecule has 1 aromatic heterocycles. The second kappa shape index (κ2) is 7.95. The SMILES string of the molecule is COCC(=O)N1CCC2(CC1)CN(Cc1ccsc1)CC2COC. The monoisotopic (exact) mass is 352 g/mol. The molecule has 1 aromatic rings. The maximum absolute atomic E-state index is 12.1. The molecule has 5 nitrogen and oxygen atoms in total. The summed E-state index contributed by atoms with van der Waals surface area (Å²) in [5, 5.41) is 4.38. The van der Waals surface area contributed by atoms with Crippen molar-refractivity contribution in [2.75, 3.05) is 53.6 Å². The number of hydrogen-bond donors (Lipinski definition) is 0. The lowest BCUT2D eigenvalue weighted by molar-refractivity contribution is -0.138. The van der Waals surface area contributed by atoms with E-state index in [1.165, 1.54) is 5.56 Å². The third kappa shape index (κ3) is 3.82. The van der Waals surface area contributed by atoms with Crippen molar-refractivity contribution < 1.29 is 14.3 Å². The molecule has 0 aliphatic carbocycles. The molecule has 3 heterocycles. The smallest absolute Gasteiger partial charge is 0.248 e. The van der Waals surface area contributed by atoms with Crippen molar-refractivity contribution in [3.63, 3.8) is 0 Å². The first kappa shape index (κ1) is 17.9. The Hall–Kier alpha value is -0.950. The molecule has 0 N–H and O–H groups in total. The normalized spacial score (nSPS) is 23.9. The molecule has 0 saturated carbocycles. The van der Waals surface area contributed by atoms with Gasteiger partial charge >= 0.3 is 0 Å². The quantitative estimate of drug-likeness (QED) is 0.786. The van der Waals surface area contributed by atoms with E-state index in [1.54, 1.807) is 25.6 Å². The highest BCUT2D eigenvalue weighted by atomic mass is 32.1. The van der Waals surface area contributed by atoms with Crippen molar-refractivity contribution in [1.82, 2.24) is 9.80 Å². The van der Waals surface area contributed by atoms with Gasteiger partial charge in [0, 0.05) is 52.9 Å². The van der Waals surface area contributed by atoms with E-state index in [2.05, 4.69) is 21.7 Å². The summed E-state index contributed by atoms with van der Waals surface area (Å²) >= 11 is 1.76. The van der Waals surface area contributed by atoms with Gasteiger partial charge < -0.3 is 14.4 Å². The number of ether oxygens (including phenoxy) is 2. The maximum Gasteiger partial charge on any atom is 0.248 e. The Morgan fingerprint density at radius 1 is 1.33 bits per heavy atom. The van der Waals surface area contributed by atoms with E-state index in [0.29, 0.717) is 5.92 Å². The molecule has 1 spiro atoms. The highest BCUT2D eigenvalue weighted by Crippen LogP contribution is 2.45. The van der Waals surface area contributed by atoms with Crippen molar-refractivity contribution in [2.45, 2.75) is 19.4 Å². The maximum atomic E-state index is 12.1. The van der Waals surface area contributed by atoms with Gasteiger partial charge in [0.15, 0.2) is 0 Å². The standard InChI is InChI=1S/C18H28N2O3S/c1-22-11-16-10-19(9-15-3-8-24-13-15)14-18(16)4-6-20(7-5-18)17(21)12-23-2/h3,8,13,16H,4-7,9-12,14H2,1-2H3. The molecular formula is C18H28N2O3S. The average molecular weight is 353 g/mol. The van der Waals surface area contributed by atoms with E-state index in [9.17, 15) is 4.79 Å². The van der Waals surface area contributed by atoms with Crippen LogP contribution in [-0.4, -0.2) is 69.3 Å². The molecule has 2 fully saturated rings. The van der Waals surface area contributed by atoms with Crippen LogP contribution >= 0.6 is 11.3 Å². The molecule has 134 valence electrons. The minimum absolute atomic E-state index is 0.115. The van der Waals surface area contributed by atoms with E-state index < -0.39 is 0 Å². The number of piperidine rings is 1. The zero-order valence-electron chi connectivity index (χ0n) is 14.7. The number of methoxy groups -OCH3 is 2. The molecule has 24 heavy (non-hydrogen) atoms. The molecule has 3 rings (SSSR count). The highest BCUT2D eigenvalue weighted by molar-refractivity contribution is 7.07. The fourth-order valence-electron chi connectivity index (χ4n) is 4.32. The zero-order chi connectivity index (χ0) is 17.0. The Kier molecular flexibility index (Phi) is 5.92. The lowest BCUT2D eigenvalue weighted by Gasteiger charge is -2.42. The Balaban J connectivity index is 1.63. The van der Waals surface area contributed by atoms with Gasteiger partial charge in [-0.05, 0) is 40.6 Å². The van der Waals surface area contributed by atoms with Crippen LogP contribution in [0.1, 0.15) is 18.4 Å². The van der Waals surface area contributed by atoms with E-state index >= 15 is 0 Å². The second-order valence-electron chi connectivity index (χ2n) is 7.13. The first-order chi connectivity index (χ1) is 11.7. The molecule has 1 unspecified atom stereocenters. The van der Waals surface area contributed by atoms with Crippen LogP contribution in [0.4, 0.5) is 0 Å². The Labute approximate surface area is 148 Å². The Morgan fingerprint density at radius 3 is 2.75 bits per heavy atom. The number of likely N-dealkylation sites (tertiary alicyclic amines) is 2. The van der Waals surface area contributed by atoms with Gasteiger partial charge in [0.25, 0.3) is 0 Å². The summed E-state index contributed by atoms with van der Waals surface area (Å²) in [6.07, 6.45) is 2.13. The molecule has 0 aromatic carbocycles. The van der Waals surface area contributed by atoms with Gasteiger partial charge in [0.1, 0.15) is 6.61 Å². The molecule has 1 atom stereocenters. The van der Waals surface area contributed by atoms with Crippen molar-refractivity contribution in [2.24, 2.45) is 11.3 Å². The molecular weight excluding hydrogens is 324 g/mol. The van der Waals surface area contributed by atoms with Crippen molar-refractivity contribution in [3.05, 3.63) is 22.4 Å². The minimum atomic E-state index is 0.115. The number of thiophene rings is 1. The van der Waals surface area contributed by atoms with Gasteiger partial charge in [-0.1, -0.05) is 0 Å². The van der Waals surface area contributed by atoms with E-state index in [1.807, 2.05) is 4.90 Å². The van der Waals surface area contributed by atoms with Crippen LogP contribution in [0.3, 0.4) is 0 Å². The zero-order valence-corrected chi connectivity index (χ0v) is 15.5. The number of amides is 1. The van der Waals surface area contributed by atoms with Crippen LogP contribution in [0, 0.1) is 11.3 Å². The molecule has 2 saturated heterocycles. The summed E-state index contributed by atoms with van der Waals surface area (Å²) in [5.74, 6) is 0.671. The summed E-state index contributed by atoms with van der Waals surface area (Å²) in [7, 11) is 3.38. The molecule has 2 aliphatic rings. The fourth-order valence-corrected chi connectivity index (χ4v) is 4.98. The lowest BCUT2D eigenvalue weighted by Crippen LogP contribution is -2.48. The predicted octanol–water partition coefficient (Wildman–Crippen LogP) is 2.08. The number of rotatable bonds is 6. The van der Waals surface area contributed by atoms with Crippen molar-refractivity contribution in [3.8, 4) is 0 Å². The minimum Gasteiger partial charge on any atom is -0.384 e. The molecule has 2 aliphatic heterocycles. The van der Waals surface area contributed by atoms with E-state index in [4.69, 9.17) is 9.47 Å². The number of nitrogens with zero attached hydrogens (tertiary/aromatic N) is 2. The van der Waals surface area contributed by atoms with Crippen LogP contribution in [0.5, 0.6) is 0 Å². The van der Waals surface area contributed by atoms with Gasteiger partial charge in [-0.3, -0.25) is 9.69 Å². The second-order valence-corrected chi connectivity index (χ2v) is 7.91. The number of carbonyl (C=O) groups excluding carboxylic acids is 1. The highest BCUT2D eigenvalue weighted by Gasteiger charge is 2.48. The van der Waals surface area contributed by atoms with E-state index in [0.717, 1.165) is 52.2 Å². The summed E-state index contributed by atoms with van der Waals surface area (Å²) in [6.45, 7) is 5.92. The summed E-state index contributed by atoms with van der Waals surface area (Å²) < 4.78 is 10.5. The van der Waals surface area contributed by atoms with Gasteiger partial charge in [0.2, 0.25) is 5.91 Å². The largest absolute Gasteiger partial charge is 0.384 e. The van der Waals surface area contributed by atoms with Gasteiger partial charge in [-0.25, -0.2) is 0 Å². The topological polar surface area (TPSA) is 42.0 Å². The number of carbonyl (C=O) groups is 1. The average Bonchev–Trinajstić information content (AvgIpc) is 3.18. The summed E-state index contributed by atoms with van der Waals surface area (Å²) in [4.78, 5) is 16.6. The summed E-state index contributed by atoms with van der Waals surface area (Å²) in [5.41, 5.74) is 1.69. The van der Waals surface area contributed by atoms with Crippen molar-refractivity contribution >= 4 is 17.2 Å². The third-order valence-corrected chi connectivity index (χ3v) is 6.35. The van der Waals surface area contributed by atoms with Crippen molar-refractivity contribution in [1.29, 1.82) is 0 Å². The lowest BCUT2D eigenvalue weighted by atomic mass is 9.71. The molecule has 1 amide bonds. The fraction of sp³-hybridized carbons (Fsp3) is 0.722. The van der Waals surface area contributed by atoms with Crippen LogP contribution in [0.15, 0.2) is 16.8 Å². The molecule has 0 bridgehead atoms. The summed E-state index contributed by atoms with van der Waals surface area (Å²) in [6, 6.07) is 2.22. The third-order valence-electron chi connectivity index (χ3n) is 5.62. The molecule has 6 heteroatoms. The Bertz CT molecular complexity index is 526. The number of hydrogen-bond acceptors (Lipinski definition) is 5. The molecule has 0 radical (unpaired) electrons. The van der Waals surface area contributed by atoms with Crippen LogP contribution in [0.25, 0.3) is 0 Å². The predicted molar refractivity (Wildman–Crippen MR) is 95.1 cm³/mol. The first-order valence-corrected chi connectivity index (χ1v) is 9.60. The van der Waals surface area contributed by atoms with Gasteiger partial charge in [0.05, 0.1) is 6.61 Å².